The molecule has 8 heteroatoms. The van der Waals surface area contributed by atoms with Crippen molar-refractivity contribution in [2.24, 2.45) is 5.84 Å². The number of nitrogens with two attached hydrogens (primary N) is 1. The topological polar surface area (TPSA) is 119 Å². The summed E-state index contributed by atoms with van der Waals surface area (Å²) in [6.45, 7) is 4.02. The maximum atomic E-state index is 10.8. The van der Waals surface area contributed by atoms with Gasteiger partial charge in [-0.1, -0.05) is 0 Å². The van der Waals surface area contributed by atoms with Crippen LogP contribution >= 0.6 is 0 Å². The number of rotatable bonds is 5. The molecule has 1 heterocycles. The second kappa shape index (κ2) is 5.57. The highest BCUT2D eigenvalue weighted by Crippen LogP contribution is 2.24. The molecular weight excluding hydrogens is 262 g/mol. The lowest BCUT2D eigenvalue weighted by Crippen LogP contribution is -2.08. The molecule has 4 N–H and O–H groups in total. The normalized spacial score (nSPS) is 10.3. The Balaban J connectivity index is 2.16. The summed E-state index contributed by atoms with van der Waals surface area (Å²) in [6, 6.07) is 4.43. The molecule has 0 saturated heterocycles. The van der Waals surface area contributed by atoms with Crippen molar-refractivity contribution < 1.29 is 9.34 Å². The Morgan fingerprint density at radius 1 is 1.35 bits per heavy atom. The van der Waals surface area contributed by atoms with Crippen molar-refractivity contribution in [3.05, 3.63) is 45.7 Å². The first-order chi connectivity index (χ1) is 9.49. The minimum absolute atomic E-state index is 0.0530. The minimum atomic E-state index is -0.481. The van der Waals surface area contributed by atoms with Gasteiger partial charge < -0.3 is 15.2 Å². The molecule has 2 aromatic rings. The molecule has 1 aromatic heterocycles. The van der Waals surface area contributed by atoms with Crippen LogP contribution in [0.5, 0.6) is 0 Å². The molecule has 0 unspecified atom stereocenters. The van der Waals surface area contributed by atoms with E-state index in [-0.39, 0.29) is 5.69 Å². The first-order valence-corrected chi connectivity index (χ1v) is 5.92. The molecule has 0 aliphatic rings. The zero-order chi connectivity index (χ0) is 14.7. The van der Waals surface area contributed by atoms with Crippen LogP contribution in [-0.4, -0.2) is 9.91 Å². The fraction of sp³-hybridized carbons (Fsp3) is 0.250. The van der Waals surface area contributed by atoms with Gasteiger partial charge in [0, 0.05) is 17.8 Å². The summed E-state index contributed by atoms with van der Waals surface area (Å²) >= 11 is 0. The monoisotopic (exact) mass is 277 g/mol. The van der Waals surface area contributed by atoms with Gasteiger partial charge in [0.2, 0.25) is 5.89 Å². The fourth-order valence-electron chi connectivity index (χ4n) is 1.69. The number of hydrogen-bond donors (Lipinski definition) is 3. The van der Waals surface area contributed by atoms with E-state index in [1.165, 1.54) is 12.1 Å². The van der Waals surface area contributed by atoms with Gasteiger partial charge in [-0.2, -0.15) is 0 Å². The van der Waals surface area contributed by atoms with E-state index in [0.717, 1.165) is 11.5 Å². The number of oxazole rings is 1. The van der Waals surface area contributed by atoms with E-state index in [4.69, 9.17) is 10.3 Å². The quantitative estimate of drug-likeness (QED) is 0.435. The van der Waals surface area contributed by atoms with E-state index >= 15 is 0 Å². The van der Waals surface area contributed by atoms with Crippen molar-refractivity contribution in [2.75, 3.05) is 10.7 Å². The zero-order valence-electron chi connectivity index (χ0n) is 11.1. The third-order valence-corrected chi connectivity index (χ3v) is 2.81. The summed E-state index contributed by atoms with van der Waals surface area (Å²) in [7, 11) is 0. The molecule has 0 aliphatic carbocycles. The van der Waals surface area contributed by atoms with E-state index < -0.39 is 4.92 Å². The van der Waals surface area contributed by atoms with E-state index in [0.29, 0.717) is 23.8 Å². The molecule has 106 valence electrons. The standard InChI is InChI=1S/C12H15N5O3/c1-7-8(2)20-12(15-7)6-14-9-3-10(16-13)5-11(4-9)17(18)19/h3-5,14,16H,6,13H2,1-2H3. The van der Waals surface area contributed by atoms with Crippen LogP contribution in [0.2, 0.25) is 0 Å². The van der Waals surface area contributed by atoms with Gasteiger partial charge in [-0.15, -0.1) is 0 Å². The first kappa shape index (κ1) is 13.8. The van der Waals surface area contributed by atoms with Gasteiger partial charge in [0.25, 0.3) is 5.69 Å². The Kier molecular flexibility index (Phi) is 3.85. The molecule has 0 aliphatic heterocycles. The third kappa shape index (κ3) is 3.04. The van der Waals surface area contributed by atoms with Crippen molar-refractivity contribution >= 4 is 17.1 Å². The molecule has 0 radical (unpaired) electrons. The van der Waals surface area contributed by atoms with Gasteiger partial charge in [0.1, 0.15) is 5.76 Å². The van der Waals surface area contributed by atoms with Crippen LogP contribution in [-0.2, 0) is 6.54 Å². The number of hydrazine groups is 1. The second-order valence-corrected chi connectivity index (χ2v) is 4.27. The Morgan fingerprint density at radius 3 is 2.60 bits per heavy atom. The predicted molar refractivity (Wildman–Crippen MR) is 74.2 cm³/mol. The maximum Gasteiger partial charge on any atom is 0.273 e. The van der Waals surface area contributed by atoms with E-state index in [1.807, 2.05) is 13.8 Å². The van der Waals surface area contributed by atoms with E-state index in [2.05, 4.69) is 15.7 Å². The number of nitrogen functional groups attached to an aromatic ring is 1. The molecule has 8 nitrogen and oxygen atoms in total. The van der Waals surface area contributed by atoms with Crippen LogP contribution < -0.4 is 16.6 Å². The Morgan fingerprint density at radius 2 is 2.05 bits per heavy atom. The van der Waals surface area contributed by atoms with Crippen LogP contribution in [0.15, 0.2) is 22.6 Å². The largest absolute Gasteiger partial charge is 0.444 e. The van der Waals surface area contributed by atoms with Crippen LogP contribution in [0.1, 0.15) is 17.3 Å². The summed E-state index contributed by atoms with van der Waals surface area (Å²) in [5.41, 5.74) is 4.16. The molecule has 0 atom stereocenters. The smallest absolute Gasteiger partial charge is 0.273 e. The first-order valence-electron chi connectivity index (χ1n) is 5.92. The predicted octanol–water partition coefficient (Wildman–Crippen LogP) is 2.10. The van der Waals surface area contributed by atoms with Crippen molar-refractivity contribution in [3.63, 3.8) is 0 Å². The molecular formula is C12H15N5O3. The lowest BCUT2D eigenvalue weighted by atomic mass is 10.2. The van der Waals surface area contributed by atoms with Crippen molar-refractivity contribution in [1.82, 2.24) is 4.98 Å². The van der Waals surface area contributed by atoms with Gasteiger partial charge in [-0.05, 0) is 19.9 Å². The van der Waals surface area contributed by atoms with E-state index in [9.17, 15) is 10.1 Å². The number of nitrogens with zero attached hydrogens (tertiary/aromatic N) is 2. The number of nitrogens with one attached hydrogen (secondary N) is 2. The molecule has 0 bridgehead atoms. The maximum absolute atomic E-state index is 10.8. The minimum Gasteiger partial charge on any atom is -0.444 e. The number of aryl methyl sites for hydroxylation is 2. The average Bonchev–Trinajstić information content (AvgIpc) is 2.75. The summed E-state index contributed by atoms with van der Waals surface area (Å²) < 4.78 is 5.42. The van der Waals surface area contributed by atoms with Gasteiger partial charge in [0.15, 0.2) is 0 Å². The Hall–Kier alpha value is -2.61. The fourth-order valence-corrected chi connectivity index (χ4v) is 1.69. The molecule has 0 saturated carbocycles. The number of aromatic nitrogens is 1. The number of non-ortho nitro benzene ring substituents is 1. The van der Waals surface area contributed by atoms with Crippen molar-refractivity contribution in [3.8, 4) is 0 Å². The number of nitro groups is 1. The third-order valence-electron chi connectivity index (χ3n) is 2.81. The Bertz CT molecular complexity index is 619. The van der Waals surface area contributed by atoms with Crippen LogP contribution in [0.3, 0.4) is 0 Å². The summed E-state index contributed by atoms with van der Waals surface area (Å²) in [6.07, 6.45) is 0. The van der Waals surface area contributed by atoms with Gasteiger partial charge in [-0.25, -0.2) is 4.98 Å². The summed E-state index contributed by atoms with van der Waals surface area (Å²) in [5, 5.41) is 13.8. The lowest BCUT2D eigenvalue weighted by molar-refractivity contribution is -0.384. The Labute approximate surface area is 115 Å². The highest BCUT2D eigenvalue weighted by molar-refractivity contribution is 5.63. The van der Waals surface area contributed by atoms with Gasteiger partial charge in [0.05, 0.1) is 22.8 Å². The number of benzene rings is 1. The highest BCUT2D eigenvalue weighted by Gasteiger charge is 2.10. The molecule has 20 heavy (non-hydrogen) atoms. The summed E-state index contributed by atoms with van der Waals surface area (Å²) in [5.74, 6) is 6.56. The molecule has 1 aromatic carbocycles. The highest BCUT2D eigenvalue weighted by atomic mass is 16.6. The van der Waals surface area contributed by atoms with Gasteiger partial charge in [-0.3, -0.25) is 16.0 Å². The molecule has 0 fully saturated rings. The second-order valence-electron chi connectivity index (χ2n) is 4.27. The molecule has 0 spiro atoms. The number of hydrogen-bond acceptors (Lipinski definition) is 7. The van der Waals surface area contributed by atoms with E-state index in [1.54, 1.807) is 6.07 Å². The lowest BCUT2D eigenvalue weighted by Gasteiger charge is -2.06. The summed E-state index contributed by atoms with van der Waals surface area (Å²) in [4.78, 5) is 14.6. The molecule has 2 rings (SSSR count). The SMILES string of the molecule is Cc1nc(CNc2cc(NN)cc([N+](=O)[O-])c2)oc1C. The molecule has 0 amide bonds. The van der Waals surface area contributed by atoms with Crippen molar-refractivity contribution in [2.45, 2.75) is 20.4 Å². The number of nitro benzene ring substituents is 1. The number of anilines is 2. The average molecular weight is 277 g/mol. The van der Waals surface area contributed by atoms with Crippen LogP contribution in [0.25, 0.3) is 0 Å². The van der Waals surface area contributed by atoms with Crippen LogP contribution in [0, 0.1) is 24.0 Å². The van der Waals surface area contributed by atoms with Crippen molar-refractivity contribution in [1.29, 1.82) is 0 Å². The van der Waals surface area contributed by atoms with Gasteiger partial charge >= 0.3 is 0 Å². The van der Waals surface area contributed by atoms with Crippen LogP contribution in [0.4, 0.5) is 17.1 Å². The zero-order valence-corrected chi connectivity index (χ0v) is 11.1.